The van der Waals surface area contributed by atoms with E-state index in [1.165, 1.54) is 77.0 Å². The number of ether oxygens (including phenoxy) is 2. The molecule has 0 aromatic heterocycles. The first-order valence-corrected chi connectivity index (χ1v) is 24.8. The Balaban J connectivity index is 4.54. The topological polar surface area (TPSA) is 175 Å². The van der Waals surface area contributed by atoms with E-state index in [0.717, 1.165) is 77.0 Å². The van der Waals surface area contributed by atoms with Crippen molar-refractivity contribution in [2.45, 2.75) is 219 Å². The molecule has 0 aliphatic rings. The molecule has 0 spiro atoms. The fourth-order valence-corrected chi connectivity index (χ4v) is 7.10. The minimum Gasteiger partial charge on any atom is -0.481 e. The van der Waals surface area contributed by atoms with E-state index >= 15 is 0 Å². The number of phosphoric ester groups is 1. The summed E-state index contributed by atoms with van der Waals surface area (Å²) in [4.78, 5) is 57.8. The second-order valence-corrected chi connectivity index (χ2v) is 17.1. The molecule has 3 N–H and O–H groups in total. The van der Waals surface area contributed by atoms with Gasteiger partial charge in [0.15, 0.2) is 6.10 Å². The molecule has 0 aliphatic heterocycles. The molecule has 344 valence electrons. The molecule has 59 heavy (non-hydrogen) atoms. The van der Waals surface area contributed by atoms with Crippen LogP contribution in [0.25, 0.3) is 0 Å². The van der Waals surface area contributed by atoms with Gasteiger partial charge < -0.3 is 24.8 Å². The Morgan fingerprint density at radius 1 is 0.542 bits per heavy atom. The number of amides is 1. The molecule has 0 saturated carbocycles. The predicted molar refractivity (Wildman–Crippen MR) is 236 cm³/mol. The minimum atomic E-state index is -4.60. The number of esters is 2. The van der Waals surface area contributed by atoms with Crippen LogP contribution in [0.5, 0.6) is 0 Å². The number of aliphatic carboxylic acids is 1. The van der Waals surface area contributed by atoms with Crippen LogP contribution >= 0.6 is 7.82 Å². The molecule has 2 atom stereocenters. The van der Waals surface area contributed by atoms with Gasteiger partial charge in [-0.05, 0) is 70.6 Å². The normalized spacial score (nSPS) is 13.1. The summed E-state index contributed by atoms with van der Waals surface area (Å²) in [6.07, 6.45) is 38.2. The molecule has 0 bridgehead atoms. The third-order valence-electron chi connectivity index (χ3n) is 9.91. The summed E-state index contributed by atoms with van der Waals surface area (Å²) in [6, 6.07) is 0. The van der Waals surface area contributed by atoms with Crippen molar-refractivity contribution in [3.63, 3.8) is 0 Å². The van der Waals surface area contributed by atoms with Crippen molar-refractivity contribution in [1.82, 2.24) is 5.32 Å². The monoisotopic (exact) mass is 858 g/mol. The van der Waals surface area contributed by atoms with Crippen LogP contribution in [-0.4, -0.2) is 66.3 Å². The number of phosphoric acid groups is 1. The lowest BCUT2D eigenvalue weighted by Gasteiger charge is -2.20. The number of hydrogen-bond acceptors (Lipinski definition) is 9. The second kappa shape index (κ2) is 42.2. The van der Waals surface area contributed by atoms with Crippen molar-refractivity contribution in [3.05, 3.63) is 24.3 Å². The van der Waals surface area contributed by atoms with Crippen LogP contribution in [0.3, 0.4) is 0 Å². The van der Waals surface area contributed by atoms with Crippen molar-refractivity contribution in [1.29, 1.82) is 0 Å². The van der Waals surface area contributed by atoms with Gasteiger partial charge in [-0.1, -0.05) is 141 Å². The summed E-state index contributed by atoms with van der Waals surface area (Å²) in [5.41, 5.74) is 0. The lowest BCUT2D eigenvalue weighted by atomic mass is 10.1. The van der Waals surface area contributed by atoms with E-state index in [2.05, 4.69) is 43.5 Å². The van der Waals surface area contributed by atoms with E-state index in [-0.39, 0.29) is 51.9 Å². The van der Waals surface area contributed by atoms with Gasteiger partial charge in [-0.3, -0.25) is 28.2 Å². The van der Waals surface area contributed by atoms with Crippen molar-refractivity contribution in [2.24, 2.45) is 0 Å². The molecular formula is C46H84NO11P. The highest BCUT2D eigenvalue weighted by molar-refractivity contribution is 7.47. The first-order chi connectivity index (χ1) is 28.6. The van der Waals surface area contributed by atoms with Gasteiger partial charge >= 0.3 is 25.7 Å². The van der Waals surface area contributed by atoms with Gasteiger partial charge in [0, 0.05) is 32.2 Å². The Hall–Kier alpha value is -2.53. The lowest BCUT2D eigenvalue weighted by molar-refractivity contribution is -0.161. The average molecular weight is 858 g/mol. The maximum absolute atomic E-state index is 12.7. The fourth-order valence-electron chi connectivity index (χ4n) is 6.35. The molecule has 0 rings (SSSR count). The number of rotatable bonds is 44. The smallest absolute Gasteiger partial charge is 0.472 e. The van der Waals surface area contributed by atoms with Gasteiger partial charge in [0.1, 0.15) is 6.61 Å². The number of carbonyl (C=O) groups is 4. The zero-order valence-electron chi connectivity index (χ0n) is 37.2. The molecule has 0 saturated heterocycles. The zero-order valence-corrected chi connectivity index (χ0v) is 38.0. The lowest BCUT2D eigenvalue weighted by Crippen LogP contribution is -2.30. The van der Waals surface area contributed by atoms with Crippen LogP contribution in [0, 0.1) is 0 Å². The molecule has 0 aromatic rings. The summed E-state index contributed by atoms with van der Waals surface area (Å²) in [5.74, 6) is -2.36. The van der Waals surface area contributed by atoms with Gasteiger partial charge in [-0.15, -0.1) is 0 Å². The Bertz CT molecular complexity index is 1150. The summed E-state index contributed by atoms with van der Waals surface area (Å²) in [6.45, 7) is 3.18. The largest absolute Gasteiger partial charge is 0.481 e. The van der Waals surface area contributed by atoms with Crippen LogP contribution in [0.15, 0.2) is 24.3 Å². The fraction of sp³-hybridized carbons (Fsp3) is 0.826. The molecular weight excluding hydrogens is 773 g/mol. The van der Waals surface area contributed by atoms with E-state index in [0.29, 0.717) is 12.8 Å². The van der Waals surface area contributed by atoms with Crippen LogP contribution in [-0.2, 0) is 42.3 Å². The first kappa shape index (κ1) is 56.5. The summed E-state index contributed by atoms with van der Waals surface area (Å²) >= 11 is 0. The van der Waals surface area contributed by atoms with Crippen molar-refractivity contribution in [2.75, 3.05) is 26.4 Å². The summed E-state index contributed by atoms with van der Waals surface area (Å²) in [5, 5.41) is 11.2. The number of carboxylic acid groups (broad SMARTS) is 1. The number of hydrogen-bond donors (Lipinski definition) is 3. The Kier molecular flexibility index (Phi) is 40.4. The molecule has 0 radical (unpaired) electrons. The maximum atomic E-state index is 12.7. The third kappa shape index (κ3) is 43.4. The predicted octanol–water partition coefficient (Wildman–Crippen LogP) is 12.0. The highest BCUT2D eigenvalue weighted by Crippen LogP contribution is 2.43. The van der Waals surface area contributed by atoms with Gasteiger partial charge in [-0.2, -0.15) is 0 Å². The molecule has 1 amide bonds. The van der Waals surface area contributed by atoms with Crippen molar-refractivity contribution in [3.8, 4) is 0 Å². The van der Waals surface area contributed by atoms with Gasteiger partial charge in [-0.25, -0.2) is 4.57 Å². The minimum absolute atomic E-state index is 0.000390. The first-order valence-electron chi connectivity index (χ1n) is 23.3. The molecule has 0 fully saturated rings. The standard InChI is InChI=1S/C46H84NO11P/c1-3-5-7-9-11-13-15-17-19-21-23-25-27-29-31-36-45(51)55-40-42(41-57-59(53,54)56-39-38-47-43(48)34-33-35-44(49)50)58-46(52)37-32-30-28-26-24-22-20-18-16-14-12-10-8-6-4-2/h17-20,42H,3-16,21-41H2,1-2H3,(H,47,48)(H,49,50)(H,53,54)/b19-17+,20-18+. The third-order valence-corrected chi connectivity index (χ3v) is 10.9. The highest BCUT2D eigenvalue weighted by Gasteiger charge is 2.26. The average Bonchev–Trinajstić information content (AvgIpc) is 3.20. The van der Waals surface area contributed by atoms with Crippen LogP contribution < -0.4 is 5.32 Å². The van der Waals surface area contributed by atoms with E-state index in [4.69, 9.17) is 23.6 Å². The van der Waals surface area contributed by atoms with Crippen LogP contribution in [0.1, 0.15) is 213 Å². The number of allylic oxidation sites excluding steroid dienone is 4. The van der Waals surface area contributed by atoms with Crippen LogP contribution in [0.4, 0.5) is 0 Å². The van der Waals surface area contributed by atoms with Gasteiger partial charge in [0.2, 0.25) is 5.91 Å². The number of carboxylic acids is 1. The number of unbranched alkanes of at least 4 members (excludes halogenated alkanes) is 22. The van der Waals surface area contributed by atoms with Gasteiger partial charge in [0.25, 0.3) is 0 Å². The summed E-state index contributed by atoms with van der Waals surface area (Å²) in [7, 11) is -4.60. The molecule has 13 heteroatoms. The Morgan fingerprint density at radius 2 is 0.983 bits per heavy atom. The number of carbonyl (C=O) groups excluding carboxylic acids is 3. The van der Waals surface area contributed by atoms with Crippen molar-refractivity contribution < 1.29 is 52.3 Å². The van der Waals surface area contributed by atoms with Crippen LogP contribution in [0.2, 0.25) is 0 Å². The quantitative estimate of drug-likeness (QED) is 0.0230. The zero-order chi connectivity index (χ0) is 43.5. The molecule has 2 unspecified atom stereocenters. The van der Waals surface area contributed by atoms with Gasteiger partial charge in [0.05, 0.1) is 13.2 Å². The Labute approximate surface area is 358 Å². The molecule has 0 aromatic carbocycles. The highest BCUT2D eigenvalue weighted by atomic mass is 31.2. The van der Waals surface area contributed by atoms with E-state index in [1.807, 2.05) is 0 Å². The Morgan fingerprint density at radius 3 is 1.46 bits per heavy atom. The number of nitrogens with one attached hydrogen (secondary N) is 1. The SMILES string of the molecule is CCCCCCCC/C=C/CCCCCCCC(=O)OCC(COP(=O)(O)OCCNC(=O)CCCC(=O)O)OC(=O)CCCCCCC/C=C/CCCCCCCC. The van der Waals surface area contributed by atoms with Crippen molar-refractivity contribution >= 4 is 31.6 Å². The van der Waals surface area contributed by atoms with E-state index in [9.17, 15) is 28.6 Å². The van der Waals surface area contributed by atoms with E-state index < -0.39 is 44.3 Å². The van der Waals surface area contributed by atoms with E-state index in [1.54, 1.807) is 0 Å². The second-order valence-electron chi connectivity index (χ2n) is 15.7. The maximum Gasteiger partial charge on any atom is 0.472 e. The molecule has 0 aliphatic carbocycles. The molecule has 12 nitrogen and oxygen atoms in total. The molecule has 0 heterocycles. The summed E-state index contributed by atoms with van der Waals surface area (Å²) < 4.78 is 33.4.